The van der Waals surface area contributed by atoms with E-state index in [4.69, 9.17) is 21.1 Å². The summed E-state index contributed by atoms with van der Waals surface area (Å²) in [6.45, 7) is 4.98. The summed E-state index contributed by atoms with van der Waals surface area (Å²) in [4.78, 5) is 17.6. The molecule has 5 aromatic rings. The number of nitrogens with zero attached hydrogens (tertiary/aromatic N) is 4. The Bertz CT molecular complexity index is 1550. The minimum absolute atomic E-state index is 0.361. The number of carbonyl (C=O) groups excluding carboxylic acids is 1. The molecular weight excluding hydrogens is 508 g/mol. The lowest BCUT2D eigenvalue weighted by Gasteiger charge is -2.16. The average molecular weight is 535 g/mol. The van der Waals surface area contributed by atoms with Gasteiger partial charge in [0.25, 0.3) is 0 Å². The van der Waals surface area contributed by atoms with Crippen molar-refractivity contribution in [1.29, 1.82) is 0 Å². The van der Waals surface area contributed by atoms with Gasteiger partial charge in [-0.3, -0.25) is 9.25 Å². The molecule has 0 aliphatic heterocycles. The lowest BCUT2D eigenvalue weighted by Crippen LogP contribution is -2.07. The van der Waals surface area contributed by atoms with Gasteiger partial charge in [0.1, 0.15) is 23.2 Å². The van der Waals surface area contributed by atoms with Crippen LogP contribution in [0.4, 0.5) is 0 Å². The van der Waals surface area contributed by atoms with Gasteiger partial charge >= 0.3 is 5.97 Å². The first-order valence-electron chi connectivity index (χ1n) is 12.1. The van der Waals surface area contributed by atoms with Crippen molar-refractivity contribution in [3.63, 3.8) is 0 Å². The summed E-state index contributed by atoms with van der Waals surface area (Å²) in [6, 6.07) is 15.5. The number of esters is 1. The number of carbonyl (C=O) groups is 1. The van der Waals surface area contributed by atoms with Gasteiger partial charge in [-0.1, -0.05) is 49.2 Å². The van der Waals surface area contributed by atoms with Crippen molar-refractivity contribution >= 4 is 39.9 Å². The maximum absolute atomic E-state index is 12.6. The number of imidazole rings is 1. The van der Waals surface area contributed by atoms with Crippen molar-refractivity contribution in [3.8, 4) is 21.9 Å². The predicted octanol–water partition coefficient (Wildman–Crippen LogP) is 7.33. The molecular formula is C28H27ClN4O3S. The number of aromatic nitrogens is 4. The molecule has 0 saturated carbocycles. The average Bonchev–Trinajstić information content (AvgIpc) is 3.65. The monoisotopic (exact) mass is 534 g/mol. The van der Waals surface area contributed by atoms with E-state index in [0.29, 0.717) is 15.6 Å². The minimum Gasteiger partial charge on any atom is -0.484 e. The Morgan fingerprint density at radius 3 is 2.78 bits per heavy atom. The smallest absolute Gasteiger partial charge is 0.351 e. The van der Waals surface area contributed by atoms with Crippen LogP contribution >= 0.6 is 22.9 Å². The number of unbranched alkanes of at least 4 members (excludes halogenated alkanes) is 1. The third-order valence-electron chi connectivity index (χ3n) is 6.19. The van der Waals surface area contributed by atoms with Crippen LogP contribution < -0.4 is 4.74 Å². The first-order valence-corrected chi connectivity index (χ1v) is 13.3. The fourth-order valence-electron chi connectivity index (χ4n) is 4.18. The third kappa shape index (κ3) is 5.12. The predicted molar refractivity (Wildman–Crippen MR) is 147 cm³/mol. The number of benzene rings is 2. The Balaban J connectivity index is 1.46. The molecule has 3 heterocycles. The zero-order valence-corrected chi connectivity index (χ0v) is 22.4. The van der Waals surface area contributed by atoms with E-state index >= 15 is 0 Å². The molecule has 0 spiro atoms. The summed E-state index contributed by atoms with van der Waals surface area (Å²) in [7, 11) is 1.36. The number of halogens is 1. The van der Waals surface area contributed by atoms with E-state index < -0.39 is 5.97 Å². The fraction of sp³-hybridized carbons (Fsp3) is 0.250. The van der Waals surface area contributed by atoms with E-state index in [0.717, 1.165) is 52.1 Å². The summed E-state index contributed by atoms with van der Waals surface area (Å²) in [5.74, 6) is -0.0124. The second-order valence-electron chi connectivity index (χ2n) is 8.71. The molecule has 0 saturated heterocycles. The van der Waals surface area contributed by atoms with Gasteiger partial charge in [0.2, 0.25) is 0 Å². The molecule has 0 N–H and O–H groups in total. The summed E-state index contributed by atoms with van der Waals surface area (Å²) < 4.78 is 15.2. The van der Waals surface area contributed by atoms with E-state index in [1.807, 2.05) is 58.8 Å². The summed E-state index contributed by atoms with van der Waals surface area (Å²) in [5, 5.41) is 5.88. The standard InChI is InChI=1S/C28H27ClN4O3S/c1-4-5-12-32-16-20(15-31-32)19-10-11-24-23(13-19)30-17-33(24)26-14-25(27(37-26)28(34)35-3)36-18(2)21-8-6-7-9-22(21)29/h6-11,13-18H,4-5,12H2,1-3H3/t18-/m1/s1. The van der Waals surface area contributed by atoms with E-state index in [2.05, 4.69) is 35.3 Å². The first-order chi connectivity index (χ1) is 18.0. The molecule has 0 fully saturated rings. The maximum Gasteiger partial charge on any atom is 0.351 e. The van der Waals surface area contributed by atoms with Crippen LogP contribution in [-0.2, 0) is 11.3 Å². The van der Waals surface area contributed by atoms with Gasteiger partial charge in [-0.05, 0) is 37.1 Å². The van der Waals surface area contributed by atoms with Crippen LogP contribution in [0.15, 0.2) is 67.3 Å². The molecule has 0 aliphatic rings. The van der Waals surface area contributed by atoms with Crippen molar-refractivity contribution in [3.05, 3.63) is 82.7 Å². The van der Waals surface area contributed by atoms with Crippen LogP contribution in [0.25, 0.3) is 27.2 Å². The molecule has 0 amide bonds. The molecule has 7 nitrogen and oxygen atoms in total. The summed E-state index contributed by atoms with van der Waals surface area (Å²) in [6.07, 6.45) is 7.58. The quantitative estimate of drug-likeness (QED) is 0.185. The zero-order valence-electron chi connectivity index (χ0n) is 20.8. The van der Waals surface area contributed by atoms with E-state index in [9.17, 15) is 4.79 Å². The van der Waals surface area contributed by atoms with Crippen molar-refractivity contribution in [1.82, 2.24) is 19.3 Å². The van der Waals surface area contributed by atoms with Gasteiger partial charge in [-0.15, -0.1) is 11.3 Å². The molecule has 3 aromatic heterocycles. The van der Waals surface area contributed by atoms with Gasteiger partial charge in [0.15, 0.2) is 4.88 Å². The number of thiophene rings is 1. The number of hydrogen-bond acceptors (Lipinski definition) is 6. The highest BCUT2D eigenvalue weighted by molar-refractivity contribution is 7.16. The molecule has 9 heteroatoms. The van der Waals surface area contributed by atoms with Crippen LogP contribution in [0.2, 0.25) is 5.02 Å². The summed E-state index contributed by atoms with van der Waals surface area (Å²) in [5.41, 5.74) is 4.72. The van der Waals surface area contributed by atoms with Crippen LogP contribution in [0, 0.1) is 0 Å². The Morgan fingerprint density at radius 2 is 2.00 bits per heavy atom. The van der Waals surface area contributed by atoms with E-state index in [1.165, 1.54) is 18.4 Å². The zero-order chi connectivity index (χ0) is 25.9. The number of hydrogen-bond donors (Lipinski definition) is 0. The maximum atomic E-state index is 12.6. The highest BCUT2D eigenvalue weighted by Crippen LogP contribution is 2.38. The third-order valence-corrected chi connectivity index (χ3v) is 7.63. The molecule has 190 valence electrons. The van der Waals surface area contributed by atoms with Crippen molar-refractivity contribution in [2.75, 3.05) is 7.11 Å². The molecule has 5 rings (SSSR count). The Hall–Kier alpha value is -3.62. The van der Waals surface area contributed by atoms with Crippen molar-refractivity contribution < 1.29 is 14.3 Å². The SMILES string of the molecule is CCCCn1cc(-c2ccc3c(c2)ncn3-c2cc(O[C@H](C)c3ccccc3Cl)c(C(=O)OC)s2)cn1. The largest absolute Gasteiger partial charge is 0.484 e. The molecule has 0 bridgehead atoms. The molecule has 1 atom stereocenters. The number of rotatable bonds is 9. The normalized spacial score (nSPS) is 12.1. The molecule has 0 radical (unpaired) electrons. The van der Waals surface area contributed by atoms with Crippen molar-refractivity contribution in [2.45, 2.75) is 39.3 Å². The lowest BCUT2D eigenvalue weighted by molar-refractivity contribution is 0.0600. The van der Waals surface area contributed by atoms with E-state index in [-0.39, 0.29) is 6.10 Å². The van der Waals surface area contributed by atoms with Crippen molar-refractivity contribution in [2.24, 2.45) is 0 Å². The number of fused-ring (bicyclic) bond motifs is 1. The second-order valence-corrected chi connectivity index (χ2v) is 10.2. The van der Waals surface area contributed by atoms with Gasteiger partial charge < -0.3 is 9.47 Å². The van der Waals surface area contributed by atoms with E-state index in [1.54, 1.807) is 6.33 Å². The first kappa shape index (κ1) is 25.0. The Labute approximate surface area is 224 Å². The van der Waals surface area contributed by atoms with Crippen LogP contribution in [0.3, 0.4) is 0 Å². The summed E-state index contributed by atoms with van der Waals surface area (Å²) >= 11 is 7.66. The fourth-order valence-corrected chi connectivity index (χ4v) is 5.47. The van der Waals surface area contributed by atoms with Gasteiger partial charge in [0.05, 0.1) is 24.3 Å². The van der Waals surface area contributed by atoms with Crippen LogP contribution in [0.1, 0.15) is 48.0 Å². The molecule has 2 aromatic carbocycles. The molecule has 0 unspecified atom stereocenters. The second kappa shape index (κ2) is 10.8. The number of ether oxygens (including phenoxy) is 2. The molecule has 0 aliphatic carbocycles. The van der Waals surface area contributed by atoms with Gasteiger partial charge in [-0.25, -0.2) is 9.78 Å². The Kier molecular flexibility index (Phi) is 7.30. The van der Waals surface area contributed by atoms with Crippen LogP contribution in [0.5, 0.6) is 5.75 Å². The highest BCUT2D eigenvalue weighted by atomic mass is 35.5. The number of aryl methyl sites for hydroxylation is 1. The Morgan fingerprint density at radius 1 is 1.16 bits per heavy atom. The lowest BCUT2D eigenvalue weighted by atomic mass is 10.1. The van der Waals surface area contributed by atoms with Gasteiger partial charge in [-0.2, -0.15) is 5.10 Å². The molecule has 37 heavy (non-hydrogen) atoms. The van der Waals surface area contributed by atoms with Gasteiger partial charge in [0, 0.05) is 35.0 Å². The highest BCUT2D eigenvalue weighted by Gasteiger charge is 2.23. The topological polar surface area (TPSA) is 71.2 Å². The minimum atomic E-state index is -0.454. The van der Waals surface area contributed by atoms with Crippen LogP contribution in [-0.4, -0.2) is 32.4 Å². The number of methoxy groups -OCH3 is 1.